The van der Waals surface area contributed by atoms with Crippen LogP contribution in [-0.4, -0.2) is 29.0 Å². The number of hydrogen-bond donors (Lipinski definition) is 2. The predicted molar refractivity (Wildman–Crippen MR) is 96.9 cm³/mol. The number of benzene rings is 1. The fourth-order valence-corrected chi connectivity index (χ4v) is 2.73. The molecule has 1 amide bonds. The molecule has 6 heteroatoms. The fourth-order valence-electron chi connectivity index (χ4n) is 2.73. The van der Waals surface area contributed by atoms with Crippen molar-refractivity contribution in [3.8, 4) is 0 Å². The van der Waals surface area contributed by atoms with Gasteiger partial charge in [0.05, 0.1) is 0 Å². The minimum atomic E-state index is 0.00739. The minimum absolute atomic E-state index is 0.00739. The molecule has 3 rings (SSSR count). The van der Waals surface area contributed by atoms with Gasteiger partial charge < -0.3 is 15.5 Å². The third-order valence-corrected chi connectivity index (χ3v) is 4.02. The van der Waals surface area contributed by atoms with Crippen LogP contribution in [0.2, 0.25) is 0 Å². The van der Waals surface area contributed by atoms with Crippen LogP contribution in [-0.2, 0) is 4.79 Å². The highest BCUT2D eigenvalue weighted by atomic mass is 16.1. The van der Waals surface area contributed by atoms with Gasteiger partial charge in [-0.3, -0.25) is 4.79 Å². The monoisotopic (exact) mass is 325 g/mol. The van der Waals surface area contributed by atoms with E-state index in [4.69, 9.17) is 0 Å². The van der Waals surface area contributed by atoms with E-state index >= 15 is 0 Å². The lowest BCUT2D eigenvalue weighted by molar-refractivity contribution is -0.115. The maximum Gasteiger partial charge on any atom is 0.229 e. The summed E-state index contributed by atoms with van der Waals surface area (Å²) in [4.78, 5) is 22.8. The van der Waals surface area contributed by atoms with Crippen molar-refractivity contribution < 1.29 is 4.79 Å². The molecular weight excluding hydrogens is 302 g/mol. The standard InChI is InChI=1S/C18H23N5O/c1-3-17(24)20-14-6-8-15(9-7-14)21-18-19-13(2)12-16(22-18)23-10-4-5-11-23/h6-9,12H,3-5,10-11H2,1-2H3,(H,20,24)(H,19,21,22). The number of amides is 1. The zero-order chi connectivity index (χ0) is 16.9. The smallest absolute Gasteiger partial charge is 0.229 e. The van der Waals surface area contributed by atoms with Crippen LogP contribution in [0.5, 0.6) is 0 Å². The summed E-state index contributed by atoms with van der Waals surface area (Å²) in [6, 6.07) is 9.58. The summed E-state index contributed by atoms with van der Waals surface area (Å²) in [5, 5.41) is 6.07. The Morgan fingerprint density at radius 3 is 2.46 bits per heavy atom. The molecule has 2 aromatic rings. The van der Waals surface area contributed by atoms with Gasteiger partial charge in [-0.05, 0) is 44.0 Å². The van der Waals surface area contributed by atoms with E-state index in [1.807, 2.05) is 44.2 Å². The molecule has 2 N–H and O–H groups in total. The Morgan fingerprint density at radius 2 is 1.79 bits per heavy atom. The van der Waals surface area contributed by atoms with Crippen molar-refractivity contribution in [2.45, 2.75) is 33.1 Å². The zero-order valence-electron chi connectivity index (χ0n) is 14.2. The second-order valence-electron chi connectivity index (χ2n) is 5.99. The lowest BCUT2D eigenvalue weighted by atomic mass is 10.2. The first-order valence-corrected chi connectivity index (χ1v) is 8.41. The Hall–Kier alpha value is -2.63. The van der Waals surface area contributed by atoms with Gasteiger partial charge in [0.25, 0.3) is 0 Å². The van der Waals surface area contributed by atoms with Gasteiger partial charge in [-0.25, -0.2) is 4.98 Å². The molecule has 0 bridgehead atoms. The molecule has 1 aliphatic heterocycles. The van der Waals surface area contributed by atoms with E-state index < -0.39 is 0 Å². The topological polar surface area (TPSA) is 70.2 Å². The number of hydrogen-bond acceptors (Lipinski definition) is 5. The Morgan fingerprint density at radius 1 is 1.12 bits per heavy atom. The van der Waals surface area contributed by atoms with Gasteiger partial charge in [-0.2, -0.15) is 4.98 Å². The summed E-state index contributed by atoms with van der Waals surface area (Å²) in [5.74, 6) is 1.59. The third kappa shape index (κ3) is 4.01. The van der Waals surface area contributed by atoms with Crippen LogP contribution < -0.4 is 15.5 Å². The summed E-state index contributed by atoms with van der Waals surface area (Å²) in [7, 11) is 0. The molecule has 0 aliphatic carbocycles. The van der Waals surface area contributed by atoms with Crippen molar-refractivity contribution in [2.24, 2.45) is 0 Å². The molecule has 24 heavy (non-hydrogen) atoms. The maximum atomic E-state index is 11.4. The van der Waals surface area contributed by atoms with Gasteiger partial charge >= 0.3 is 0 Å². The van der Waals surface area contributed by atoms with Crippen LogP contribution in [0.3, 0.4) is 0 Å². The van der Waals surface area contributed by atoms with Crippen molar-refractivity contribution in [3.63, 3.8) is 0 Å². The highest BCUT2D eigenvalue weighted by Gasteiger charge is 2.15. The number of aryl methyl sites for hydroxylation is 1. The van der Waals surface area contributed by atoms with Crippen molar-refractivity contribution in [3.05, 3.63) is 36.0 Å². The van der Waals surface area contributed by atoms with Crippen molar-refractivity contribution >= 4 is 29.0 Å². The molecule has 1 aliphatic rings. The fraction of sp³-hybridized carbons (Fsp3) is 0.389. The number of carbonyl (C=O) groups is 1. The second kappa shape index (κ2) is 7.29. The Balaban J connectivity index is 1.72. The summed E-state index contributed by atoms with van der Waals surface area (Å²) < 4.78 is 0. The molecule has 6 nitrogen and oxygen atoms in total. The molecule has 1 aromatic heterocycles. The van der Waals surface area contributed by atoms with Crippen LogP contribution in [0, 0.1) is 6.92 Å². The Kier molecular flexibility index (Phi) is 4.93. The molecule has 126 valence electrons. The van der Waals surface area contributed by atoms with Gasteiger partial charge in [0.15, 0.2) is 0 Å². The van der Waals surface area contributed by atoms with Crippen molar-refractivity contribution in [1.29, 1.82) is 0 Å². The highest BCUT2D eigenvalue weighted by molar-refractivity contribution is 5.90. The minimum Gasteiger partial charge on any atom is -0.356 e. The zero-order valence-corrected chi connectivity index (χ0v) is 14.2. The van der Waals surface area contributed by atoms with Gasteiger partial charge in [0.1, 0.15) is 5.82 Å². The average Bonchev–Trinajstić information content (AvgIpc) is 3.10. The van der Waals surface area contributed by atoms with Gasteiger partial charge in [-0.1, -0.05) is 6.92 Å². The van der Waals surface area contributed by atoms with E-state index in [0.717, 1.165) is 36.0 Å². The van der Waals surface area contributed by atoms with E-state index in [-0.39, 0.29) is 5.91 Å². The van der Waals surface area contributed by atoms with E-state index in [1.54, 1.807) is 0 Å². The predicted octanol–water partition coefficient (Wildman–Crippen LogP) is 3.48. The van der Waals surface area contributed by atoms with Crippen LogP contribution in [0.15, 0.2) is 30.3 Å². The van der Waals surface area contributed by atoms with E-state index in [2.05, 4.69) is 25.5 Å². The number of nitrogens with one attached hydrogen (secondary N) is 2. The first kappa shape index (κ1) is 16.2. The van der Waals surface area contributed by atoms with Crippen molar-refractivity contribution in [2.75, 3.05) is 28.6 Å². The molecule has 2 heterocycles. The largest absolute Gasteiger partial charge is 0.356 e. The molecule has 1 aromatic carbocycles. The molecular formula is C18H23N5O. The molecule has 0 unspecified atom stereocenters. The summed E-state index contributed by atoms with van der Waals surface area (Å²) in [5.41, 5.74) is 2.62. The number of anilines is 4. The Bertz CT molecular complexity index is 708. The lowest BCUT2D eigenvalue weighted by Crippen LogP contribution is -2.19. The first-order chi connectivity index (χ1) is 11.6. The molecule has 0 spiro atoms. The SMILES string of the molecule is CCC(=O)Nc1ccc(Nc2nc(C)cc(N3CCCC3)n2)cc1. The summed E-state index contributed by atoms with van der Waals surface area (Å²) in [6.07, 6.45) is 2.91. The summed E-state index contributed by atoms with van der Waals surface area (Å²) >= 11 is 0. The van der Waals surface area contributed by atoms with Gasteiger partial charge in [0, 0.05) is 42.6 Å². The Labute approximate surface area is 142 Å². The van der Waals surface area contributed by atoms with E-state index in [1.165, 1.54) is 12.8 Å². The van der Waals surface area contributed by atoms with Gasteiger partial charge in [-0.15, -0.1) is 0 Å². The van der Waals surface area contributed by atoms with Crippen LogP contribution in [0.4, 0.5) is 23.1 Å². The molecule has 1 saturated heterocycles. The molecule has 1 fully saturated rings. The normalized spacial score (nSPS) is 13.8. The number of aromatic nitrogens is 2. The molecule has 0 atom stereocenters. The number of nitrogens with zero attached hydrogens (tertiary/aromatic N) is 3. The average molecular weight is 325 g/mol. The van der Waals surface area contributed by atoms with Crippen LogP contribution in [0.1, 0.15) is 31.9 Å². The summed E-state index contributed by atoms with van der Waals surface area (Å²) in [6.45, 7) is 5.93. The van der Waals surface area contributed by atoms with E-state index in [0.29, 0.717) is 12.4 Å². The first-order valence-electron chi connectivity index (χ1n) is 8.41. The highest BCUT2D eigenvalue weighted by Crippen LogP contribution is 2.22. The van der Waals surface area contributed by atoms with E-state index in [9.17, 15) is 4.79 Å². The quantitative estimate of drug-likeness (QED) is 0.881. The molecule has 0 radical (unpaired) electrons. The third-order valence-electron chi connectivity index (χ3n) is 4.02. The lowest BCUT2D eigenvalue weighted by Gasteiger charge is -2.17. The maximum absolute atomic E-state index is 11.4. The number of rotatable bonds is 5. The number of carbonyl (C=O) groups excluding carboxylic acids is 1. The van der Waals surface area contributed by atoms with Crippen LogP contribution in [0.25, 0.3) is 0 Å². The second-order valence-corrected chi connectivity index (χ2v) is 5.99. The molecule has 0 saturated carbocycles. The van der Waals surface area contributed by atoms with Gasteiger partial charge in [0.2, 0.25) is 11.9 Å². The van der Waals surface area contributed by atoms with Crippen LogP contribution >= 0.6 is 0 Å². The van der Waals surface area contributed by atoms with Crippen molar-refractivity contribution in [1.82, 2.24) is 9.97 Å².